The van der Waals surface area contributed by atoms with Crippen LogP contribution < -0.4 is 10.2 Å². The van der Waals surface area contributed by atoms with Gasteiger partial charge in [0.05, 0.1) is 5.56 Å². The van der Waals surface area contributed by atoms with Gasteiger partial charge in [-0.25, -0.2) is 0 Å². The van der Waals surface area contributed by atoms with Crippen LogP contribution in [0, 0.1) is 5.92 Å². The van der Waals surface area contributed by atoms with E-state index in [9.17, 15) is 18.0 Å². The van der Waals surface area contributed by atoms with E-state index in [-0.39, 0.29) is 11.8 Å². The number of carbonyl (C=O) groups is 1. The largest absolute Gasteiger partial charge is 0.416 e. The molecule has 3 rings (SSSR count). The van der Waals surface area contributed by atoms with Gasteiger partial charge in [0.2, 0.25) is 5.91 Å². The van der Waals surface area contributed by atoms with Crippen molar-refractivity contribution in [2.45, 2.75) is 26.4 Å². The van der Waals surface area contributed by atoms with Gasteiger partial charge in [-0.3, -0.25) is 4.79 Å². The third-order valence-electron chi connectivity index (χ3n) is 4.72. The van der Waals surface area contributed by atoms with Gasteiger partial charge in [-0.05, 0) is 62.1 Å². The molecule has 1 atom stereocenters. The lowest BCUT2D eigenvalue weighted by Gasteiger charge is -2.36. The van der Waals surface area contributed by atoms with E-state index in [1.807, 2.05) is 43.0 Å². The van der Waals surface area contributed by atoms with E-state index in [1.54, 1.807) is 6.08 Å². The first-order valence-corrected chi connectivity index (χ1v) is 9.19. The smallest absolute Gasteiger partial charge is 0.352 e. The number of carbonyl (C=O) groups excluding carboxylic acids is 1. The molecule has 0 aromatic heterocycles. The Labute approximate surface area is 162 Å². The molecular weight excluding hydrogens is 365 g/mol. The summed E-state index contributed by atoms with van der Waals surface area (Å²) in [5.41, 5.74) is 3.09. The van der Waals surface area contributed by atoms with E-state index in [0.717, 1.165) is 35.4 Å². The summed E-state index contributed by atoms with van der Waals surface area (Å²) in [6.07, 6.45) is -1.98. The molecule has 148 valence electrons. The Morgan fingerprint density at radius 3 is 2.46 bits per heavy atom. The van der Waals surface area contributed by atoms with Gasteiger partial charge in [0.15, 0.2) is 0 Å². The monoisotopic (exact) mass is 388 g/mol. The van der Waals surface area contributed by atoms with Crippen LogP contribution in [0.5, 0.6) is 0 Å². The average molecular weight is 388 g/mol. The predicted octanol–water partition coefficient (Wildman–Crippen LogP) is 5.10. The van der Waals surface area contributed by atoms with Crippen molar-refractivity contribution in [2.75, 3.05) is 18.0 Å². The van der Waals surface area contributed by atoms with Crippen LogP contribution in [0.4, 0.5) is 24.5 Å². The maximum atomic E-state index is 12.9. The Morgan fingerprint density at radius 2 is 1.82 bits per heavy atom. The molecule has 6 heteroatoms. The summed E-state index contributed by atoms with van der Waals surface area (Å²) in [5, 5.41) is 2.92. The topological polar surface area (TPSA) is 32.3 Å². The highest BCUT2D eigenvalue weighted by Gasteiger charge is 2.31. The van der Waals surface area contributed by atoms with E-state index in [2.05, 4.69) is 5.32 Å². The number of nitrogens with one attached hydrogen (secondary N) is 1. The lowest BCUT2D eigenvalue weighted by atomic mass is 9.91. The molecule has 1 heterocycles. The van der Waals surface area contributed by atoms with E-state index < -0.39 is 11.7 Å². The highest BCUT2D eigenvalue weighted by Crippen LogP contribution is 2.37. The molecule has 0 spiro atoms. The van der Waals surface area contributed by atoms with Crippen LogP contribution in [0.2, 0.25) is 0 Å². The van der Waals surface area contributed by atoms with Crippen molar-refractivity contribution >= 4 is 17.3 Å². The highest BCUT2D eigenvalue weighted by atomic mass is 19.4. The van der Waals surface area contributed by atoms with Gasteiger partial charge < -0.3 is 10.2 Å². The van der Waals surface area contributed by atoms with Gasteiger partial charge in [-0.1, -0.05) is 23.8 Å². The maximum Gasteiger partial charge on any atom is 0.416 e. The molecule has 0 fully saturated rings. The summed E-state index contributed by atoms with van der Waals surface area (Å²) >= 11 is 0. The second kappa shape index (κ2) is 8.09. The number of anilines is 2. The number of allylic oxidation sites excluding steroid dienone is 1. The third-order valence-corrected chi connectivity index (χ3v) is 4.72. The summed E-state index contributed by atoms with van der Waals surface area (Å²) in [4.78, 5) is 13.9. The Kier molecular flexibility index (Phi) is 5.77. The molecule has 1 amide bonds. The lowest BCUT2D eigenvalue weighted by molar-refractivity contribution is -0.137. The summed E-state index contributed by atoms with van der Waals surface area (Å²) < 4.78 is 38.6. The van der Waals surface area contributed by atoms with Crippen LogP contribution in [-0.4, -0.2) is 19.0 Å². The number of para-hydroxylation sites is 1. The molecule has 2 aromatic rings. The molecular formula is C22H23F3N2O. The van der Waals surface area contributed by atoms with Gasteiger partial charge in [0.1, 0.15) is 0 Å². The molecule has 0 aliphatic carbocycles. The van der Waals surface area contributed by atoms with Crippen molar-refractivity contribution in [1.82, 2.24) is 5.32 Å². The Hall–Kier alpha value is -2.76. The van der Waals surface area contributed by atoms with E-state index >= 15 is 0 Å². The number of alkyl halides is 3. The molecule has 0 radical (unpaired) electrons. The minimum absolute atomic E-state index is 0.125. The van der Waals surface area contributed by atoms with Crippen LogP contribution in [0.3, 0.4) is 0 Å². The van der Waals surface area contributed by atoms with Crippen LogP contribution in [-0.2, 0) is 17.4 Å². The van der Waals surface area contributed by atoms with Crippen LogP contribution in [0.25, 0.3) is 0 Å². The first kappa shape index (κ1) is 20.0. The lowest BCUT2D eigenvalue weighted by Crippen LogP contribution is -2.39. The molecule has 0 saturated carbocycles. The molecule has 1 N–H and O–H groups in total. The van der Waals surface area contributed by atoms with Crippen molar-refractivity contribution < 1.29 is 18.0 Å². The second-order valence-electron chi connectivity index (χ2n) is 7.32. The van der Waals surface area contributed by atoms with Crippen molar-refractivity contribution in [1.29, 1.82) is 0 Å². The van der Waals surface area contributed by atoms with Crippen molar-refractivity contribution in [3.8, 4) is 0 Å². The predicted molar refractivity (Wildman–Crippen MR) is 105 cm³/mol. The molecule has 0 bridgehead atoms. The number of amides is 1. The zero-order chi connectivity index (χ0) is 20.3. The molecule has 28 heavy (non-hydrogen) atoms. The fraction of sp³-hybridized carbons (Fsp3) is 0.318. The average Bonchev–Trinajstić information content (AvgIpc) is 2.64. The molecule has 0 saturated heterocycles. The van der Waals surface area contributed by atoms with Crippen LogP contribution in [0.1, 0.15) is 25.0 Å². The van der Waals surface area contributed by atoms with Gasteiger partial charge in [0.25, 0.3) is 0 Å². The summed E-state index contributed by atoms with van der Waals surface area (Å²) in [6, 6.07) is 13.1. The van der Waals surface area contributed by atoms with E-state index in [0.29, 0.717) is 18.8 Å². The minimum atomic E-state index is -4.35. The van der Waals surface area contributed by atoms with Crippen molar-refractivity contribution in [3.05, 3.63) is 71.3 Å². The summed E-state index contributed by atoms with van der Waals surface area (Å²) in [6.45, 7) is 4.86. The van der Waals surface area contributed by atoms with Crippen molar-refractivity contribution in [3.63, 3.8) is 0 Å². The molecule has 1 aliphatic rings. The fourth-order valence-corrected chi connectivity index (χ4v) is 3.45. The standard InChI is InChI=1S/C22H23F3N2O/c1-15(2)11-21(28)26-13-16-12-17-5-3-4-6-20(17)27(14-16)19-9-7-18(8-10-19)22(23,24)25/h3-11,16H,12-14H2,1-2H3,(H,26,28). The number of hydrogen-bond acceptors (Lipinski definition) is 2. The van der Waals surface area contributed by atoms with Crippen LogP contribution in [0.15, 0.2) is 60.2 Å². The summed E-state index contributed by atoms with van der Waals surface area (Å²) in [7, 11) is 0. The molecule has 2 aromatic carbocycles. The van der Waals surface area contributed by atoms with Crippen LogP contribution >= 0.6 is 0 Å². The van der Waals surface area contributed by atoms with E-state index in [1.165, 1.54) is 12.1 Å². The highest BCUT2D eigenvalue weighted by molar-refractivity contribution is 5.88. The second-order valence-corrected chi connectivity index (χ2v) is 7.32. The third kappa shape index (κ3) is 4.74. The van der Waals surface area contributed by atoms with Gasteiger partial charge in [0, 0.05) is 30.5 Å². The van der Waals surface area contributed by atoms with Gasteiger partial charge in [-0.15, -0.1) is 0 Å². The quantitative estimate of drug-likeness (QED) is 0.740. The zero-order valence-corrected chi connectivity index (χ0v) is 15.9. The number of nitrogens with zero attached hydrogens (tertiary/aromatic N) is 1. The Balaban J connectivity index is 1.81. The summed E-state index contributed by atoms with van der Waals surface area (Å²) in [5.74, 6) is 0.0339. The maximum absolute atomic E-state index is 12.9. The molecule has 3 nitrogen and oxygen atoms in total. The van der Waals surface area contributed by atoms with Gasteiger partial charge in [-0.2, -0.15) is 13.2 Å². The van der Waals surface area contributed by atoms with Crippen molar-refractivity contribution in [2.24, 2.45) is 5.92 Å². The number of hydrogen-bond donors (Lipinski definition) is 1. The molecule has 1 unspecified atom stereocenters. The Bertz CT molecular complexity index is 868. The Morgan fingerprint density at radius 1 is 1.14 bits per heavy atom. The number of rotatable bonds is 4. The number of fused-ring (bicyclic) bond motifs is 1. The normalized spacial score (nSPS) is 16.3. The number of benzene rings is 2. The molecule has 1 aliphatic heterocycles. The number of halogens is 3. The zero-order valence-electron chi connectivity index (χ0n) is 15.9. The van der Waals surface area contributed by atoms with E-state index in [4.69, 9.17) is 0 Å². The SMILES string of the molecule is CC(C)=CC(=O)NCC1Cc2ccccc2N(c2ccc(C(F)(F)F)cc2)C1. The first-order valence-electron chi connectivity index (χ1n) is 9.19. The fourth-order valence-electron chi connectivity index (χ4n) is 3.45. The van der Waals surface area contributed by atoms with Gasteiger partial charge >= 0.3 is 6.18 Å². The minimum Gasteiger partial charge on any atom is -0.352 e. The first-order chi connectivity index (χ1) is 13.2.